The SMILES string of the molecule is CCCCCCNCCNC(=O)c1ccc(CCN(C)C(=O)OC(C)(C)C)cc1.Cc1ccccc1CCCNC(=O)c1nc(Cl)c(N)nc1N. The molecule has 2 aromatic carbocycles. The van der Waals surface area contributed by atoms with E-state index in [9.17, 15) is 14.4 Å². The number of nitrogens with one attached hydrogen (secondary N) is 3. The smallest absolute Gasteiger partial charge is 0.410 e. The lowest BCUT2D eigenvalue weighted by Gasteiger charge is -2.24. The van der Waals surface area contributed by atoms with E-state index in [2.05, 4.69) is 51.9 Å². The number of halogens is 1. The molecule has 0 unspecified atom stereocenters. The number of nitrogens with zero attached hydrogens (tertiary/aromatic N) is 3. The quantitative estimate of drug-likeness (QED) is 0.105. The Balaban J connectivity index is 0.000000366. The normalized spacial score (nSPS) is 10.9. The molecule has 13 heteroatoms. The summed E-state index contributed by atoms with van der Waals surface area (Å²) in [7, 11) is 1.73. The van der Waals surface area contributed by atoms with Crippen LogP contribution in [0.4, 0.5) is 16.4 Å². The number of carbonyl (C=O) groups excluding carboxylic acids is 3. The van der Waals surface area contributed by atoms with Crippen molar-refractivity contribution in [2.24, 2.45) is 0 Å². The number of anilines is 2. The van der Waals surface area contributed by atoms with Gasteiger partial charge in [-0.1, -0.05) is 74.2 Å². The zero-order valence-corrected chi connectivity index (χ0v) is 31.9. The number of unbranched alkanes of at least 4 members (excludes halogenated alkanes) is 3. The van der Waals surface area contributed by atoms with Crippen LogP contribution in [0.1, 0.15) is 97.3 Å². The Hall–Kier alpha value is -4.42. The molecule has 3 amide bonds. The minimum absolute atomic E-state index is 0.00454. The van der Waals surface area contributed by atoms with E-state index in [1.54, 1.807) is 11.9 Å². The lowest BCUT2D eigenvalue weighted by molar-refractivity contribution is 0.0300. The Kier molecular flexibility index (Phi) is 18.8. The summed E-state index contributed by atoms with van der Waals surface area (Å²) in [5.74, 6) is -0.486. The maximum absolute atomic E-state index is 12.2. The Morgan fingerprint density at radius 1 is 0.824 bits per heavy atom. The number of hydrogen-bond acceptors (Lipinski definition) is 9. The molecule has 0 bridgehead atoms. The fourth-order valence-electron chi connectivity index (χ4n) is 4.78. The predicted molar refractivity (Wildman–Crippen MR) is 206 cm³/mol. The first-order valence-electron chi connectivity index (χ1n) is 17.6. The van der Waals surface area contributed by atoms with Gasteiger partial charge in [0.1, 0.15) is 5.60 Å². The third-order valence-electron chi connectivity index (χ3n) is 7.74. The van der Waals surface area contributed by atoms with Crippen LogP contribution in [0.25, 0.3) is 0 Å². The van der Waals surface area contributed by atoms with Gasteiger partial charge in [-0.2, -0.15) is 0 Å². The lowest BCUT2D eigenvalue weighted by atomic mass is 10.0. The topological polar surface area (TPSA) is 178 Å². The maximum Gasteiger partial charge on any atom is 0.410 e. The van der Waals surface area contributed by atoms with Crippen molar-refractivity contribution in [2.75, 3.05) is 51.2 Å². The number of aryl methyl sites for hydroxylation is 2. The number of aromatic nitrogens is 2. The van der Waals surface area contributed by atoms with Crippen LogP contribution in [0.5, 0.6) is 0 Å². The van der Waals surface area contributed by atoms with E-state index < -0.39 is 11.5 Å². The van der Waals surface area contributed by atoms with E-state index >= 15 is 0 Å². The van der Waals surface area contributed by atoms with Crippen molar-refractivity contribution in [3.8, 4) is 0 Å². The van der Waals surface area contributed by atoms with Crippen LogP contribution < -0.4 is 27.4 Å². The van der Waals surface area contributed by atoms with Gasteiger partial charge in [-0.3, -0.25) is 9.59 Å². The summed E-state index contributed by atoms with van der Waals surface area (Å²) >= 11 is 5.75. The molecular weight excluding hydrogens is 668 g/mol. The summed E-state index contributed by atoms with van der Waals surface area (Å²) in [6, 6.07) is 15.7. The van der Waals surface area contributed by atoms with Crippen LogP contribution in [0.2, 0.25) is 5.15 Å². The number of rotatable bonds is 17. The second-order valence-electron chi connectivity index (χ2n) is 13.3. The lowest BCUT2D eigenvalue weighted by Crippen LogP contribution is -2.35. The summed E-state index contributed by atoms with van der Waals surface area (Å²) in [5, 5.41) is 9.02. The van der Waals surface area contributed by atoms with E-state index in [4.69, 9.17) is 27.8 Å². The molecule has 1 heterocycles. The molecular formula is C38H57ClN8O4. The molecule has 0 atom stereocenters. The summed E-state index contributed by atoms with van der Waals surface area (Å²) < 4.78 is 5.35. The van der Waals surface area contributed by atoms with Crippen LogP contribution in [0, 0.1) is 6.92 Å². The van der Waals surface area contributed by atoms with Crippen molar-refractivity contribution in [1.29, 1.82) is 0 Å². The molecule has 280 valence electrons. The Labute approximate surface area is 308 Å². The summed E-state index contributed by atoms with van der Waals surface area (Å²) in [5.41, 5.74) is 14.8. The minimum Gasteiger partial charge on any atom is -0.444 e. The zero-order valence-electron chi connectivity index (χ0n) is 31.1. The minimum atomic E-state index is -0.495. The summed E-state index contributed by atoms with van der Waals surface area (Å²) in [6.07, 6.45) is 7.05. The molecule has 0 spiro atoms. The highest BCUT2D eigenvalue weighted by Gasteiger charge is 2.19. The Morgan fingerprint density at radius 3 is 2.18 bits per heavy atom. The number of carbonyl (C=O) groups is 3. The van der Waals surface area contributed by atoms with Gasteiger partial charge in [0.25, 0.3) is 11.8 Å². The summed E-state index contributed by atoms with van der Waals surface area (Å²) in [6.45, 7) is 13.3. The summed E-state index contributed by atoms with van der Waals surface area (Å²) in [4.78, 5) is 45.4. The third-order valence-corrected chi connectivity index (χ3v) is 8.02. The highest BCUT2D eigenvalue weighted by atomic mass is 35.5. The van der Waals surface area contributed by atoms with E-state index in [0.717, 1.165) is 31.5 Å². The second kappa shape index (κ2) is 22.4. The largest absolute Gasteiger partial charge is 0.444 e. The van der Waals surface area contributed by atoms with Gasteiger partial charge >= 0.3 is 6.09 Å². The first-order valence-corrected chi connectivity index (χ1v) is 18.0. The molecule has 3 rings (SSSR count). The van der Waals surface area contributed by atoms with Gasteiger partial charge in [-0.05, 0) is 88.7 Å². The van der Waals surface area contributed by atoms with Gasteiger partial charge in [-0.15, -0.1) is 0 Å². The van der Waals surface area contributed by atoms with Crippen LogP contribution in [-0.4, -0.2) is 78.1 Å². The van der Waals surface area contributed by atoms with Crippen molar-refractivity contribution in [3.63, 3.8) is 0 Å². The van der Waals surface area contributed by atoms with Crippen molar-refractivity contribution >= 4 is 41.1 Å². The van der Waals surface area contributed by atoms with Gasteiger partial charge in [0.15, 0.2) is 22.5 Å². The van der Waals surface area contributed by atoms with E-state index in [1.807, 2.05) is 57.2 Å². The van der Waals surface area contributed by atoms with Crippen molar-refractivity contribution in [2.45, 2.75) is 85.2 Å². The van der Waals surface area contributed by atoms with E-state index in [1.165, 1.54) is 36.8 Å². The van der Waals surface area contributed by atoms with Gasteiger partial charge < -0.3 is 37.1 Å². The molecule has 0 fully saturated rings. The number of amides is 3. The highest BCUT2D eigenvalue weighted by Crippen LogP contribution is 2.17. The molecule has 0 aliphatic carbocycles. The number of ether oxygens (including phenoxy) is 1. The molecule has 1 aromatic heterocycles. The zero-order chi connectivity index (χ0) is 37.8. The molecule has 51 heavy (non-hydrogen) atoms. The molecule has 0 aliphatic heterocycles. The molecule has 3 aromatic rings. The van der Waals surface area contributed by atoms with Crippen LogP contribution in [0.15, 0.2) is 48.5 Å². The Morgan fingerprint density at radius 2 is 1.51 bits per heavy atom. The molecule has 0 saturated heterocycles. The first kappa shape index (κ1) is 42.7. The second-order valence-corrected chi connectivity index (χ2v) is 13.7. The van der Waals surface area contributed by atoms with Crippen molar-refractivity contribution in [1.82, 2.24) is 30.8 Å². The van der Waals surface area contributed by atoms with E-state index in [0.29, 0.717) is 31.6 Å². The predicted octanol–water partition coefficient (Wildman–Crippen LogP) is 5.96. The Bertz CT molecular complexity index is 1530. The van der Waals surface area contributed by atoms with Crippen LogP contribution >= 0.6 is 11.6 Å². The fourth-order valence-corrected chi connectivity index (χ4v) is 4.91. The number of benzene rings is 2. The number of nitrogens with two attached hydrogens (primary N) is 2. The third kappa shape index (κ3) is 16.9. The van der Waals surface area contributed by atoms with Crippen molar-refractivity contribution < 1.29 is 19.1 Å². The van der Waals surface area contributed by atoms with Crippen LogP contribution in [-0.2, 0) is 17.6 Å². The van der Waals surface area contributed by atoms with Crippen LogP contribution in [0.3, 0.4) is 0 Å². The van der Waals surface area contributed by atoms with Gasteiger partial charge in [0.2, 0.25) is 0 Å². The average molecular weight is 725 g/mol. The molecule has 7 N–H and O–H groups in total. The first-order chi connectivity index (χ1) is 24.2. The maximum atomic E-state index is 12.2. The highest BCUT2D eigenvalue weighted by molar-refractivity contribution is 6.31. The molecule has 0 saturated carbocycles. The number of hydrogen-bond donors (Lipinski definition) is 5. The van der Waals surface area contributed by atoms with Gasteiger partial charge in [0, 0.05) is 38.8 Å². The fraction of sp³-hybridized carbons (Fsp3) is 0.500. The monoisotopic (exact) mass is 724 g/mol. The average Bonchev–Trinajstić information content (AvgIpc) is 3.08. The number of nitrogen functional groups attached to an aromatic ring is 2. The molecule has 0 aliphatic rings. The van der Waals surface area contributed by atoms with E-state index in [-0.39, 0.29) is 34.5 Å². The number of likely N-dealkylation sites (N-methyl/N-ethyl adjacent to an activating group) is 1. The van der Waals surface area contributed by atoms with Crippen molar-refractivity contribution in [3.05, 3.63) is 81.6 Å². The molecule has 0 radical (unpaired) electrons. The standard InChI is InChI=1S/C23H39N3O3.C15H18ClN5O/c1-6-7-8-9-15-24-16-17-25-21(27)20-12-10-19(11-13-20)14-18-26(5)22(28)29-23(2,3)4;1-9-5-2-3-6-10(9)7-4-8-19-15(22)11-13(17)21-14(18)12(16)20-11/h10-13,24H,6-9,14-18H2,1-5H3,(H,25,27);2-3,5-6H,4,7-8H2,1H3,(H,19,22)(H4,17,18,21). The van der Waals surface area contributed by atoms with Gasteiger partial charge in [0.05, 0.1) is 0 Å². The molecule has 12 nitrogen and oxygen atoms in total. The van der Waals surface area contributed by atoms with Gasteiger partial charge in [-0.25, -0.2) is 14.8 Å².